The van der Waals surface area contributed by atoms with Gasteiger partial charge in [-0.25, -0.2) is 8.78 Å². The zero-order valence-corrected chi connectivity index (χ0v) is 17.6. The summed E-state index contributed by atoms with van der Waals surface area (Å²) in [6.07, 6.45) is 0.972. The van der Waals surface area contributed by atoms with E-state index in [1.807, 2.05) is 0 Å². The molecule has 0 radical (unpaired) electrons. The van der Waals surface area contributed by atoms with Gasteiger partial charge in [-0.05, 0) is 56.9 Å². The monoisotopic (exact) mass is 429 g/mol. The van der Waals surface area contributed by atoms with Crippen LogP contribution in [0, 0.1) is 17.0 Å². The average molecular weight is 429 g/mol. The summed E-state index contributed by atoms with van der Waals surface area (Å²) in [7, 11) is 0. The molecule has 1 saturated heterocycles. The van der Waals surface area contributed by atoms with Crippen molar-refractivity contribution in [1.82, 2.24) is 4.90 Å². The van der Waals surface area contributed by atoms with E-state index in [4.69, 9.17) is 4.74 Å². The third kappa shape index (κ3) is 4.98. The number of hydrogen-bond acceptors (Lipinski definition) is 4. The van der Waals surface area contributed by atoms with Gasteiger partial charge in [-0.1, -0.05) is 18.2 Å². The molecule has 164 valence electrons. The van der Waals surface area contributed by atoms with Crippen molar-refractivity contribution >= 4 is 17.7 Å². The number of carbonyl (C=O) groups is 3. The lowest BCUT2D eigenvalue weighted by atomic mass is 9.74. The van der Waals surface area contributed by atoms with E-state index in [1.54, 1.807) is 36.1 Å². The summed E-state index contributed by atoms with van der Waals surface area (Å²) in [6, 6.07) is 9.61. The van der Waals surface area contributed by atoms with Crippen LogP contribution in [0.2, 0.25) is 0 Å². The number of piperidine rings is 1. The maximum absolute atomic E-state index is 14.3. The number of halogens is 2. The predicted octanol–water partition coefficient (Wildman–Crippen LogP) is 4.20. The van der Waals surface area contributed by atoms with Gasteiger partial charge in [-0.2, -0.15) is 0 Å². The Morgan fingerprint density at radius 1 is 1.06 bits per heavy atom. The van der Waals surface area contributed by atoms with Crippen molar-refractivity contribution in [2.24, 2.45) is 5.41 Å². The Labute approximate surface area is 180 Å². The summed E-state index contributed by atoms with van der Waals surface area (Å²) < 4.78 is 33.0. The number of amides is 1. The van der Waals surface area contributed by atoms with E-state index in [-0.39, 0.29) is 36.8 Å². The van der Waals surface area contributed by atoms with Crippen molar-refractivity contribution in [2.45, 2.75) is 33.1 Å². The number of carbonyl (C=O) groups excluding carboxylic acids is 3. The van der Waals surface area contributed by atoms with Crippen LogP contribution in [0.5, 0.6) is 0 Å². The summed E-state index contributed by atoms with van der Waals surface area (Å²) in [4.78, 5) is 39.0. The standard InChI is InChI=1S/C24H25F2NO4/c1-3-31-23(30)24(14-19-9-10-20(25)13-21(19)26)11-4-12-27(15-24)22(29)18-7-5-17(6-8-18)16(2)28/h5-10,13H,3-4,11-12,14-15H2,1-2H3. The molecule has 0 saturated carbocycles. The van der Waals surface area contributed by atoms with Crippen LogP contribution in [0.4, 0.5) is 8.78 Å². The van der Waals surface area contributed by atoms with Crippen molar-refractivity contribution in [3.05, 3.63) is 70.8 Å². The molecule has 1 amide bonds. The van der Waals surface area contributed by atoms with E-state index >= 15 is 0 Å². The van der Waals surface area contributed by atoms with Gasteiger partial charge in [0.15, 0.2) is 5.78 Å². The molecule has 1 unspecified atom stereocenters. The fourth-order valence-electron chi connectivity index (χ4n) is 4.03. The van der Waals surface area contributed by atoms with Crippen molar-refractivity contribution in [1.29, 1.82) is 0 Å². The van der Waals surface area contributed by atoms with Crippen molar-refractivity contribution in [2.75, 3.05) is 19.7 Å². The molecule has 31 heavy (non-hydrogen) atoms. The lowest BCUT2D eigenvalue weighted by Crippen LogP contribution is -2.51. The summed E-state index contributed by atoms with van der Waals surface area (Å²) in [6.45, 7) is 3.80. The topological polar surface area (TPSA) is 63.7 Å². The summed E-state index contributed by atoms with van der Waals surface area (Å²) in [5.41, 5.74) is -0.0166. The minimum absolute atomic E-state index is 0.00496. The van der Waals surface area contributed by atoms with Crippen LogP contribution in [0.25, 0.3) is 0 Å². The van der Waals surface area contributed by atoms with Gasteiger partial charge in [0, 0.05) is 30.3 Å². The van der Waals surface area contributed by atoms with E-state index in [2.05, 4.69) is 0 Å². The van der Waals surface area contributed by atoms with E-state index < -0.39 is 23.0 Å². The highest BCUT2D eigenvalue weighted by Crippen LogP contribution is 2.36. The van der Waals surface area contributed by atoms with E-state index in [0.29, 0.717) is 30.5 Å². The Morgan fingerprint density at radius 3 is 2.35 bits per heavy atom. The second-order valence-electron chi connectivity index (χ2n) is 7.88. The van der Waals surface area contributed by atoms with E-state index in [9.17, 15) is 23.2 Å². The first-order valence-electron chi connectivity index (χ1n) is 10.3. The molecular formula is C24H25F2NO4. The molecule has 0 spiro atoms. The van der Waals surface area contributed by atoms with Crippen molar-refractivity contribution in [3.8, 4) is 0 Å². The summed E-state index contributed by atoms with van der Waals surface area (Å²) in [5.74, 6) is -2.29. The third-order valence-electron chi connectivity index (χ3n) is 5.65. The molecule has 0 bridgehead atoms. The Kier molecular flexibility index (Phi) is 6.83. The lowest BCUT2D eigenvalue weighted by Gasteiger charge is -2.41. The molecule has 3 rings (SSSR count). The summed E-state index contributed by atoms with van der Waals surface area (Å²) in [5, 5.41) is 0. The average Bonchev–Trinajstić information content (AvgIpc) is 2.75. The van der Waals surface area contributed by atoms with Gasteiger partial charge >= 0.3 is 5.97 Å². The fourth-order valence-corrected chi connectivity index (χ4v) is 4.03. The van der Waals surface area contributed by atoms with Gasteiger partial charge < -0.3 is 9.64 Å². The number of benzene rings is 2. The van der Waals surface area contributed by atoms with Gasteiger partial charge in [-0.3, -0.25) is 14.4 Å². The van der Waals surface area contributed by atoms with Gasteiger partial charge in [0.05, 0.1) is 12.0 Å². The van der Waals surface area contributed by atoms with Gasteiger partial charge in [0.25, 0.3) is 5.91 Å². The number of hydrogen-bond donors (Lipinski definition) is 0. The molecule has 7 heteroatoms. The molecule has 1 aliphatic rings. The molecule has 5 nitrogen and oxygen atoms in total. The van der Waals surface area contributed by atoms with Gasteiger partial charge in [0.2, 0.25) is 0 Å². The molecule has 1 atom stereocenters. The minimum atomic E-state index is -1.12. The van der Waals surface area contributed by atoms with Crippen LogP contribution in [-0.2, 0) is 16.0 Å². The number of nitrogens with zero attached hydrogens (tertiary/aromatic N) is 1. The number of ketones is 1. The van der Waals surface area contributed by atoms with Crippen LogP contribution in [0.3, 0.4) is 0 Å². The normalized spacial score (nSPS) is 18.5. The zero-order valence-electron chi connectivity index (χ0n) is 17.6. The number of Topliss-reactive ketones (excluding diaryl/α,β-unsaturated/α-hetero) is 1. The van der Waals surface area contributed by atoms with Gasteiger partial charge in [-0.15, -0.1) is 0 Å². The Hall–Kier alpha value is -3.09. The highest BCUT2D eigenvalue weighted by Gasteiger charge is 2.45. The van der Waals surface area contributed by atoms with Crippen LogP contribution < -0.4 is 0 Å². The number of esters is 1. The number of likely N-dealkylation sites (tertiary alicyclic amines) is 1. The fraction of sp³-hybridized carbons (Fsp3) is 0.375. The molecule has 0 aliphatic carbocycles. The Balaban J connectivity index is 1.88. The molecule has 1 heterocycles. The third-order valence-corrected chi connectivity index (χ3v) is 5.65. The van der Waals surface area contributed by atoms with E-state index in [0.717, 1.165) is 12.1 Å². The van der Waals surface area contributed by atoms with Crippen molar-refractivity contribution in [3.63, 3.8) is 0 Å². The molecule has 0 N–H and O–H groups in total. The molecule has 1 aliphatic heterocycles. The first kappa shape index (κ1) is 22.6. The first-order chi connectivity index (χ1) is 14.8. The van der Waals surface area contributed by atoms with Crippen molar-refractivity contribution < 1.29 is 27.9 Å². The highest BCUT2D eigenvalue weighted by molar-refractivity contribution is 5.98. The molecular weight excluding hydrogens is 404 g/mol. The Bertz CT molecular complexity index is 990. The molecule has 2 aromatic carbocycles. The van der Waals surface area contributed by atoms with Crippen LogP contribution in [-0.4, -0.2) is 42.3 Å². The van der Waals surface area contributed by atoms with E-state index in [1.165, 1.54) is 13.0 Å². The second kappa shape index (κ2) is 9.37. The SMILES string of the molecule is CCOC(=O)C1(Cc2ccc(F)cc2F)CCCN(C(=O)c2ccc(C(C)=O)cc2)C1. The smallest absolute Gasteiger partial charge is 0.314 e. The van der Waals surface area contributed by atoms with Crippen LogP contribution in [0.15, 0.2) is 42.5 Å². The predicted molar refractivity (Wildman–Crippen MR) is 111 cm³/mol. The van der Waals surface area contributed by atoms with Gasteiger partial charge in [0.1, 0.15) is 11.6 Å². The zero-order chi connectivity index (χ0) is 22.6. The first-order valence-corrected chi connectivity index (χ1v) is 10.3. The maximum atomic E-state index is 14.3. The van der Waals surface area contributed by atoms with Crippen LogP contribution >= 0.6 is 0 Å². The number of ether oxygens (including phenoxy) is 1. The number of rotatable bonds is 6. The Morgan fingerprint density at radius 2 is 1.74 bits per heavy atom. The molecule has 1 fully saturated rings. The largest absolute Gasteiger partial charge is 0.466 e. The molecule has 2 aromatic rings. The summed E-state index contributed by atoms with van der Waals surface area (Å²) >= 11 is 0. The highest BCUT2D eigenvalue weighted by atomic mass is 19.1. The lowest BCUT2D eigenvalue weighted by molar-refractivity contribution is -0.158. The second-order valence-corrected chi connectivity index (χ2v) is 7.88. The minimum Gasteiger partial charge on any atom is -0.466 e. The molecule has 0 aromatic heterocycles. The maximum Gasteiger partial charge on any atom is 0.314 e. The quantitative estimate of drug-likeness (QED) is 0.510. The van der Waals surface area contributed by atoms with Crippen LogP contribution in [0.1, 0.15) is 53.0 Å².